The number of nitrogens with one attached hydrogen (secondary N) is 1. The summed E-state index contributed by atoms with van der Waals surface area (Å²) in [6.07, 6.45) is -2.94. The van der Waals surface area contributed by atoms with E-state index in [1.807, 2.05) is 31.2 Å². The summed E-state index contributed by atoms with van der Waals surface area (Å²) in [5.41, 5.74) is 1.71. The second-order valence-electron chi connectivity index (χ2n) is 6.44. The van der Waals surface area contributed by atoms with Gasteiger partial charge >= 0.3 is 6.18 Å². The molecule has 0 spiro atoms. The Morgan fingerprint density at radius 2 is 1.83 bits per heavy atom. The summed E-state index contributed by atoms with van der Waals surface area (Å²) in [4.78, 5) is 17.6. The molecule has 0 bridgehead atoms. The van der Waals surface area contributed by atoms with Crippen LogP contribution in [-0.4, -0.2) is 19.7 Å². The zero-order valence-electron chi connectivity index (χ0n) is 15.2. The van der Waals surface area contributed by atoms with E-state index in [0.29, 0.717) is 33.2 Å². The lowest BCUT2D eigenvalue weighted by atomic mass is 10.1. The molecule has 2 aromatic carbocycles. The van der Waals surface area contributed by atoms with Crippen LogP contribution in [-0.2, 0) is 11.9 Å². The van der Waals surface area contributed by atoms with Gasteiger partial charge in [0.05, 0.1) is 17.4 Å². The topological polar surface area (TPSA) is 63.6 Å². The first kappa shape index (κ1) is 19.3. The number of hydrogen-bond acceptors (Lipinski definition) is 4. The van der Waals surface area contributed by atoms with Crippen LogP contribution in [0, 0.1) is 6.92 Å². The standard InChI is InChI=1S/C20H15F3N4OS/c1-12-4-2-3-5-16(12)27-18(28)15-10-24-26-17(15)25-19(27)29-11-13-6-8-14(9-7-13)20(21,22)23/h2-10H,11H2,1H3,(H,24,26). The van der Waals surface area contributed by atoms with Crippen LogP contribution in [0.2, 0.25) is 0 Å². The molecular formula is C20H15F3N4OS. The largest absolute Gasteiger partial charge is 0.416 e. The maximum absolute atomic E-state index is 13.1. The van der Waals surface area contributed by atoms with Crippen LogP contribution in [0.5, 0.6) is 0 Å². The summed E-state index contributed by atoms with van der Waals surface area (Å²) in [5, 5.41) is 7.40. The van der Waals surface area contributed by atoms with Gasteiger partial charge in [-0.05, 0) is 36.2 Å². The van der Waals surface area contributed by atoms with Gasteiger partial charge in [-0.1, -0.05) is 42.1 Å². The third kappa shape index (κ3) is 3.77. The second-order valence-corrected chi connectivity index (χ2v) is 7.38. The van der Waals surface area contributed by atoms with Crippen LogP contribution in [0.3, 0.4) is 0 Å². The molecule has 0 amide bonds. The molecule has 2 heterocycles. The van der Waals surface area contributed by atoms with Gasteiger partial charge in [0.15, 0.2) is 10.8 Å². The minimum absolute atomic E-state index is 0.257. The highest BCUT2D eigenvalue weighted by atomic mass is 32.2. The van der Waals surface area contributed by atoms with Gasteiger partial charge in [0, 0.05) is 5.75 Å². The lowest BCUT2D eigenvalue weighted by Gasteiger charge is -2.14. The molecule has 0 unspecified atom stereocenters. The zero-order chi connectivity index (χ0) is 20.6. The Labute approximate surface area is 167 Å². The van der Waals surface area contributed by atoms with Crippen LogP contribution >= 0.6 is 11.8 Å². The number of hydrogen-bond donors (Lipinski definition) is 1. The Hall–Kier alpha value is -3.07. The lowest BCUT2D eigenvalue weighted by Crippen LogP contribution is -2.22. The van der Waals surface area contributed by atoms with Crippen molar-refractivity contribution in [3.8, 4) is 5.69 Å². The average Bonchev–Trinajstić information content (AvgIpc) is 3.16. The van der Waals surface area contributed by atoms with Crippen LogP contribution in [0.4, 0.5) is 13.2 Å². The fourth-order valence-electron chi connectivity index (χ4n) is 2.94. The first-order valence-corrected chi connectivity index (χ1v) is 9.64. The van der Waals surface area contributed by atoms with E-state index in [1.54, 1.807) is 0 Å². The normalized spacial score (nSPS) is 11.9. The molecule has 5 nitrogen and oxygen atoms in total. The smallest absolute Gasteiger partial charge is 0.268 e. The van der Waals surface area contributed by atoms with Gasteiger partial charge in [-0.3, -0.25) is 14.5 Å². The Balaban J connectivity index is 1.73. The number of H-pyrrole nitrogens is 1. The van der Waals surface area contributed by atoms with Crippen molar-refractivity contribution in [1.29, 1.82) is 0 Å². The number of alkyl halides is 3. The van der Waals surface area contributed by atoms with Gasteiger partial charge in [0.1, 0.15) is 5.39 Å². The maximum atomic E-state index is 13.1. The number of aromatic nitrogens is 4. The number of fused-ring (bicyclic) bond motifs is 1. The molecule has 0 atom stereocenters. The molecule has 29 heavy (non-hydrogen) atoms. The fraction of sp³-hybridized carbons (Fsp3) is 0.150. The molecule has 0 fully saturated rings. The number of para-hydroxylation sites is 1. The molecule has 148 valence electrons. The Morgan fingerprint density at radius 3 is 2.52 bits per heavy atom. The number of aromatic amines is 1. The molecule has 0 aliphatic rings. The molecule has 0 saturated heterocycles. The van der Waals surface area contributed by atoms with Gasteiger partial charge in [0.2, 0.25) is 0 Å². The van der Waals surface area contributed by atoms with Gasteiger partial charge in [-0.2, -0.15) is 18.3 Å². The predicted octanol–water partition coefficient (Wildman–Crippen LogP) is 4.73. The Bertz CT molecular complexity index is 1230. The summed E-state index contributed by atoms with van der Waals surface area (Å²) >= 11 is 1.27. The van der Waals surface area contributed by atoms with Crippen molar-refractivity contribution in [3.05, 3.63) is 81.8 Å². The van der Waals surface area contributed by atoms with Crippen molar-refractivity contribution in [2.75, 3.05) is 0 Å². The van der Waals surface area contributed by atoms with Crippen molar-refractivity contribution in [3.63, 3.8) is 0 Å². The van der Waals surface area contributed by atoms with Gasteiger partial charge < -0.3 is 0 Å². The third-order valence-corrected chi connectivity index (χ3v) is 5.47. The van der Waals surface area contributed by atoms with Gasteiger partial charge in [-0.25, -0.2) is 4.98 Å². The van der Waals surface area contributed by atoms with E-state index >= 15 is 0 Å². The van der Waals surface area contributed by atoms with E-state index in [-0.39, 0.29) is 5.56 Å². The zero-order valence-corrected chi connectivity index (χ0v) is 16.0. The van der Waals surface area contributed by atoms with Crippen LogP contribution in [0.15, 0.2) is 64.7 Å². The summed E-state index contributed by atoms with van der Waals surface area (Å²) in [5.74, 6) is 0.357. The highest BCUT2D eigenvalue weighted by molar-refractivity contribution is 7.98. The maximum Gasteiger partial charge on any atom is 0.416 e. The number of benzene rings is 2. The monoisotopic (exact) mass is 416 g/mol. The van der Waals surface area contributed by atoms with Gasteiger partial charge in [0.25, 0.3) is 5.56 Å². The van der Waals surface area contributed by atoms with Crippen LogP contribution in [0.1, 0.15) is 16.7 Å². The molecule has 0 saturated carbocycles. The van der Waals surface area contributed by atoms with E-state index in [1.165, 1.54) is 34.7 Å². The van der Waals surface area contributed by atoms with Crippen molar-refractivity contribution in [1.82, 2.24) is 19.7 Å². The molecule has 0 aliphatic heterocycles. The average molecular weight is 416 g/mol. The minimum Gasteiger partial charge on any atom is -0.268 e. The van der Waals surface area contributed by atoms with E-state index in [4.69, 9.17) is 0 Å². The molecule has 0 radical (unpaired) electrons. The fourth-order valence-corrected chi connectivity index (χ4v) is 3.89. The first-order chi connectivity index (χ1) is 13.8. The highest BCUT2D eigenvalue weighted by Gasteiger charge is 2.29. The minimum atomic E-state index is -4.37. The summed E-state index contributed by atoms with van der Waals surface area (Å²) in [7, 11) is 0. The number of nitrogens with zero attached hydrogens (tertiary/aromatic N) is 3. The number of thioether (sulfide) groups is 1. The van der Waals surface area contributed by atoms with Crippen molar-refractivity contribution in [2.24, 2.45) is 0 Å². The third-order valence-electron chi connectivity index (χ3n) is 4.46. The second kappa shape index (κ2) is 7.40. The van der Waals surface area contributed by atoms with Crippen molar-refractivity contribution < 1.29 is 13.2 Å². The lowest BCUT2D eigenvalue weighted by molar-refractivity contribution is -0.137. The molecule has 4 rings (SSSR count). The SMILES string of the molecule is Cc1ccccc1-n1c(SCc2ccc(C(F)(F)F)cc2)nc2[nH]ncc2c1=O. The molecule has 9 heteroatoms. The van der Waals surface area contributed by atoms with E-state index < -0.39 is 11.7 Å². The molecule has 0 aliphatic carbocycles. The number of rotatable bonds is 4. The quantitative estimate of drug-likeness (QED) is 0.386. The van der Waals surface area contributed by atoms with E-state index in [0.717, 1.165) is 17.7 Å². The van der Waals surface area contributed by atoms with E-state index in [9.17, 15) is 18.0 Å². The van der Waals surface area contributed by atoms with Crippen LogP contribution in [0.25, 0.3) is 16.7 Å². The molecule has 4 aromatic rings. The van der Waals surface area contributed by atoms with Gasteiger partial charge in [-0.15, -0.1) is 0 Å². The Kier molecular flexibility index (Phi) is 4.91. The summed E-state index contributed by atoms with van der Waals surface area (Å²) in [6, 6.07) is 12.4. The molecular weight excluding hydrogens is 401 g/mol. The van der Waals surface area contributed by atoms with E-state index in [2.05, 4.69) is 15.2 Å². The van der Waals surface area contributed by atoms with Crippen LogP contribution < -0.4 is 5.56 Å². The summed E-state index contributed by atoms with van der Waals surface area (Å²) < 4.78 is 39.8. The highest BCUT2D eigenvalue weighted by Crippen LogP contribution is 2.30. The predicted molar refractivity (Wildman–Crippen MR) is 105 cm³/mol. The number of aryl methyl sites for hydroxylation is 1. The Morgan fingerprint density at radius 1 is 1.10 bits per heavy atom. The first-order valence-electron chi connectivity index (χ1n) is 8.65. The van der Waals surface area contributed by atoms with Crippen molar-refractivity contribution in [2.45, 2.75) is 24.0 Å². The molecule has 2 aromatic heterocycles. The van der Waals surface area contributed by atoms with Crippen molar-refractivity contribution >= 4 is 22.8 Å². The summed E-state index contributed by atoms with van der Waals surface area (Å²) in [6.45, 7) is 1.89. The molecule has 1 N–H and O–H groups in total. The number of halogens is 3.